The molecule has 0 aliphatic carbocycles. The van der Waals surface area contributed by atoms with Crippen molar-refractivity contribution in [1.29, 1.82) is 0 Å². The molecule has 0 unspecified atom stereocenters. The number of benzene rings is 2. The van der Waals surface area contributed by atoms with E-state index >= 15 is 0 Å². The topological polar surface area (TPSA) is 125 Å². The van der Waals surface area contributed by atoms with Crippen molar-refractivity contribution in [2.45, 2.75) is 27.3 Å². The highest BCUT2D eigenvalue weighted by molar-refractivity contribution is 5.92. The Morgan fingerprint density at radius 2 is 1.73 bits per heavy atom. The summed E-state index contributed by atoms with van der Waals surface area (Å²) < 4.78 is 5.36. The Labute approximate surface area is 174 Å². The minimum Gasteiger partial charge on any atom is -0.426 e. The van der Waals surface area contributed by atoms with Gasteiger partial charge >= 0.3 is 5.97 Å². The number of hydrogen-bond donors (Lipinski definition) is 2. The first-order valence-electron chi connectivity index (χ1n) is 9.44. The van der Waals surface area contributed by atoms with Crippen LogP contribution >= 0.6 is 0 Å². The number of aromatic nitrogens is 4. The van der Waals surface area contributed by atoms with Crippen LogP contribution in [0, 0.1) is 5.41 Å². The van der Waals surface area contributed by atoms with Crippen molar-refractivity contribution in [2.24, 2.45) is 11.1 Å². The van der Waals surface area contributed by atoms with Gasteiger partial charge in [-0.1, -0.05) is 12.1 Å². The third-order valence-corrected chi connectivity index (χ3v) is 4.14. The normalized spacial score (nSPS) is 11.2. The van der Waals surface area contributed by atoms with Crippen molar-refractivity contribution < 1.29 is 14.3 Å². The highest BCUT2D eigenvalue weighted by Crippen LogP contribution is 2.22. The number of nitrogens with one attached hydrogen (secondary N) is 1. The Morgan fingerprint density at radius 3 is 2.33 bits per heavy atom. The van der Waals surface area contributed by atoms with E-state index in [4.69, 9.17) is 10.5 Å². The number of esters is 1. The number of anilines is 1. The third-order valence-electron chi connectivity index (χ3n) is 4.14. The van der Waals surface area contributed by atoms with Gasteiger partial charge in [0, 0.05) is 11.3 Å². The Bertz CT molecular complexity index is 1020. The van der Waals surface area contributed by atoms with Gasteiger partial charge in [0.05, 0.1) is 18.5 Å². The van der Waals surface area contributed by atoms with Crippen LogP contribution in [0.5, 0.6) is 5.75 Å². The van der Waals surface area contributed by atoms with E-state index in [2.05, 4.69) is 20.7 Å². The lowest BCUT2D eigenvalue weighted by molar-refractivity contribution is -0.143. The lowest BCUT2D eigenvalue weighted by Gasteiger charge is -2.16. The molecule has 0 aliphatic rings. The van der Waals surface area contributed by atoms with E-state index < -0.39 is 5.41 Å². The minimum atomic E-state index is -0.572. The Hall–Kier alpha value is -3.59. The van der Waals surface area contributed by atoms with Crippen LogP contribution in [0.3, 0.4) is 0 Å². The van der Waals surface area contributed by atoms with E-state index in [-0.39, 0.29) is 18.4 Å². The van der Waals surface area contributed by atoms with Crippen LogP contribution in [-0.2, 0) is 16.1 Å². The zero-order valence-corrected chi connectivity index (χ0v) is 17.1. The molecule has 1 aromatic heterocycles. The van der Waals surface area contributed by atoms with Gasteiger partial charge < -0.3 is 15.8 Å². The zero-order valence-electron chi connectivity index (χ0n) is 17.1. The average Bonchev–Trinajstić information content (AvgIpc) is 3.17. The summed E-state index contributed by atoms with van der Waals surface area (Å²) in [4.78, 5) is 24.8. The minimum absolute atomic E-state index is 0.0621. The van der Waals surface area contributed by atoms with Crippen molar-refractivity contribution >= 4 is 17.6 Å². The van der Waals surface area contributed by atoms with Crippen LogP contribution in [0.1, 0.15) is 26.3 Å². The molecule has 3 aromatic rings. The monoisotopic (exact) mass is 408 g/mol. The summed E-state index contributed by atoms with van der Waals surface area (Å²) in [5, 5.41) is 15.2. The molecule has 2 aromatic carbocycles. The maximum atomic E-state index is 12.0. The Kier molecular flexibility index (Phi) is 6.22. The Morgan fingerprint density at radius 1 is 1.07 bits per heavy atom. The molecule has 3 rings (SSSR count). The average molecular weight is 408 g/mol. The standard InChI is InChI=1S/C21H24N6O3/c1-21(2,3)20(29)30-17-10-6-15(7-11-17)19-24-26-27(25-19)13-14-4-8-16(9-5-14)23-18(28)12-22/h4-11H,12-13,22H2,1-3H3,(H,23,28). The second-order valence-electron chi connectivity index (χ2n) is 7.76. The number of carbonyl (C=O) groups excluding carboxylic acids is 2. The fourth-order valence-corrected chi connectivity index (χ4v) is 2.43. The molecule has 0 saturated heterocycles. The van der Waals surface area contributed by atoms with Gasteiger partial charge in [-0.05, 0) is 67.9 Å². The van der Waals surface area contributed by atoms with Crippen molar-refractivity contribution in [3.05, 3.63) is 54.1 Å². The first kappa shape index (κ1) is 21.1. The molecule has 9 heteroatoms. The highest BCUT2D eigenvalue weighted by Gasteiger charge is 2.23. The smallest absolute Gasteiger partial charge is 0.316 e. The SMILES string of the molecule is CC(C)(C)C(=O)Oc1ccc(-c2nnn(Cc3ccc(NC(=O)CN)cc3)n2)cc1. The summed E-state index contributed by atoms with van der Waals surface area (Å²) in [6.07, 6.45) is 0. The van der Waals surface area contributed by atoms with Crippen LogP contribution in [0.15, 0.2) is 48.5 Å². The maximum Gasteiger partial charge on any atom is 0.316 e. The molecule has 0 fully saturated rings. The van der Waals surface area contributed by atoms with Crippen molar-refractivity contribution in [1.82, 2.24) is 20.2 Å². The Balaban J connectivity index is 1.63. The van der Waals surface area contributed by atoms with E-state index in [1.807, 2.05) is 12.1 Å². The number of amides is 1. The number of hydrogen-bond acceptors (Lipinski definition) is 7. The van der Waals surface area contributed by atoms with Gasteiger partial charge in [0.2, 0.25) is 11.7 Å². The molecule has 0 atom stereocenters. The molecule has 9 nitrogen and oxygen atoms in total. The van der Waals surface area contributed by atoms with Gasteiger partial charge in [0.1, 0.15) is 5.75 Å². The lowest BCUT2D eigenvalue weighted by atomic mass is 9.97. The van der Waals surface area contributed by atoms with Gasteiger partial charge in [-0.25, -0.2) is 0 Å². The van der Waals surface area contributed by atoms with Crippen LogP contribution in [-0.4, -0.2) is 38.6 Å². The molecule has 0 spiro atoms. The summed E-state index contributed by atoms with van der Waals surface area (Å²) in [5.74, 6) is 0.390. The van der Waals surface area contributed by atoms with Crippen LogP contribution in [0.4, 0.5) is 5.69 Å². The van der Waals surface area contributed by atoms with E-state index in [0.29, 0.717) is 23.8 Å². The molecule has 0 saturated carbocycles. The number of ether oxygens (including phenoxy) is 1. The second-order valence-corrected chi connectivity index (χ2v) is 7.76. The molecule has 1 amide bonds. The molecule has 3 N–H and O–H groups in total. The number of rotatable bonds is 6. The van der Waals surface area contributed by atoms with Gasteiger partial charge in [-0.15, -0.1) is 10.2 Å². The second kappa shape index (κ2) is 8.83. The molecule has 0 bridgehead atoms. The largest absolute Gasteiger partial charge is 0.426 e. The zero-order chi connectivity index (χ0) is 21.7. The summed E-state index contributed by atoms with van der Waals surface area (Å²) in [5.41, 5.74) is 7.10. The van der Waals surface area contributed by atoms with Crippen LogP contribution in [0.25, 0.3) is 11.4 Å². The van der Waals surface area contributed by atoms with Gasteiger partial charge in [-0.3, -0.25) is 9.59 Å². The van der Waals surface area contributed by atoms with E-state index in [9.17, 15) is 9.59 Å². The number of tetrazole rings is 1. The van der Waals surface area contributed by atoms with E-state index in [0.717, 1.165) is 11.1 Å². The predicted molar refractivity (Wildman–Crippen MR) is 112 cm³/mol. The fraction of sp³-hybridized carbons (Fsp3) is 0.286. The molecule has 1 heterocycles. The lowest BCUT2D eigenvalue weighted by Crippen LogP contribution is -2.25. The maximum absolute atomic E-state index is 12.0. The fourth-order valence-electron chi connectivity index (χ4n) is 2.43. The first-order chi connectivity index (χ1) is 14.2. The van der Waals surface area contributed by atoms with E-state index in [1.165, 1.54) is 4.80 Å². The van der Waals surface area contributed by atoms with E-state index in [1.54, 1.807) is 57.2 Å². The van der Waals surface area contributed by atoms with Crippen LogP contribution < -0.4 is 15.8 Å². The molecule has 30 heavy (non-hydrogen) atoms. The quantitative estimate of drug-likeness (QED) is 0.473. The van der Waals surface area contributed by atoms with Gasteiger partial charge in [0.15, 0.2) is 0 Å². The predicted octanol–water partition coefficient (Wildman–Crippen LogP) is 2.24. The molecule has 0 radical (unpaired) electrons. The van der Waals surface area contributed by atoms with Crippen molar-refractivity contribution in [3.8, 4) is 17.1 Å². The van der Waals surface area contributed by atoms with Gasteiger partial charge in [-0.2, -0.15) is 4.80 Å². The number of carbonyl (C=O) groups is 2. The van der Waals surface area contributed by atoms with Crippen molar-refractivity contribution in [3.63, 3.8) is 0 Å². The first-order valence-corrected chi connectivity index (χ1v) is 9.44. The summed E-state index contributed by atoms with van der Waals surface area (Å²) in [6, 6.07) is 14.3. The number of nitrogens with two attached hydrogens (primary N) is 1. The molecule has 156 valence electrons. The molecular formula is C21H24N6O3. The highest BCUT2D eigenvalue weighted by atomic mass is 16.5. The summed E-state index contributed by atoms with van der Waals surface area (Å²) >= 11 is 0. The van der Waals surface area contributed by atoms with Crippen LogP contribution in [0.2, 0.25) is 0 Å². The number of nitrogens with zero attached hydrogens (tertiary/aromatic N) is 4. The molecular weight excluding hydrogens is 384 g/mol. The van der Waals surface area contributed by atoms with Crippen molar-refractivity contribution in [2.75, 3.05) is 11.9 Å². The summed E-state index contributed by atoms with van der Waals surface area (Å²) in [6.45, 7) is 5.77. The summed E-state index contributed by atoms with van der Waals surface area (Å²) in [7, 11) is 0. The molecule has 0 aliphatic heterocycles. The third kappa shape index (κ3) is 5.48. The van der Waals surface area contributed by atoms with Gasteiger partial charge in [0.25, 0.3) is 0 Å².